The van der Waals surface area contributed by atoms with Gasteiger partial charge in [-0.3, -0.25) is 18.9 Å². The number of aromatic amines is 1. The van der Waals surface area contributed by atoms with Crippen molar-refractivity contribution in [2.75, 3.05) is 6.61 Å². The minimum atomic E-state index is -3.44. The molecule has 11 heteroatoms. The number of nitrogens with one attached hydrogen (secondary N) is 1. The molecule has 2 aromatic rings. The number of ether oxygens (including phenoxy) is 1. The Morgan fingerprint density at radius 2 is 2.22 bits per heavy atom. The first-order chi connectivity index (χ1) is 12.9. The van der Waals surface area contributed by atoms with Crippen LogP contribution in [-0.2, 0) is 20.4 Å². The second-order valence-electron chi connectivity index (χ2n) is 6.17. The molecule has 3 atom stereocenters. The van der Waals surface area contributed by atoms with E-state index in [0.29, 0.717) is 18.6 Å². The van der Waals surface area contributed by atoms with Crippen LogP contribution in [-0.4, -0.2) is 27.2 Å². The molecule has 0 saturated carbocycles. The highest BCUT2D eigenvalue weighted by Crippen LogP contribution is 2.61. The van der Waals surface area contributed by atoms with Gasteiger partial charge in [-0.2, -0.15) is 4.89 Å². The minimum Gasteiger partial charge on any atom is -0.352 e. The summed E-state index contributed by atoms with van der Waals surface area (Å²) in [5, 5.41) is 0.0369. The van der Waals surface area contributed by atoms with E-state index in [-0.39, 0.29) is 35.3 Å². The topological polar surface area (TPSA) is 94.9 Å². The molecule has 3 heterocycles. The molecule has 4 rings (SSSR count). The maximum atomic E-state index is 11.5. The molecule has 2 N–H and O–H groups in total. The second-order valence-corrected chi connectivity index (χ2v) is 8.60. The number of benzene rings is 1. The van der Waals surface area contributed by atoms with E-state index >= 15 is 0 Å². The van der Waals surface area contributed by atoms with E-state index in [2.05, 4.69) is 4.98 Å². The Balaban J connectivity index is 1.38. The average Bonchev–Trinajstić information content (AvgIpc) is 3.12. The molecule has 1 aromatic heterocycles. The fraction of sp³-hybridized carbons (Fsp3) is 0.375. The van der Waals surface area contributed by atoms with E-state index in [4.69, 9.17) is 42.1 Å². The predicted molar refractivity (Wildman–Crippen MR) is 101 cm³/mol. The lowest BCUT2D eigenvalue weighted by Crippen LogP contribution is -2.22. The van der Waals surface area contributed by atoms with Crippen molar-refractivity contribution in [3.8, 4) is 5.75 Å². The fourth-order valence-corrected chi connectivity index (χ4v) is 4.62. The van der Waals surface area contributed by atoms with Gasteiger partial charge in [0.25, 0.3) is 5.56 Å². The van der Waals surface area contributed by atoms with Gasteiger partial charge in [-0.05, 0) is 31.1 Å². The van der Waals surface area contributed by atoms with Crippen molar-refractivity contribution >= 4 is 32.0 Å². The quantitative estimate of drug-likeness (QED) is 0.564. The van der Waals surface area contributed by atoms with E-state index in [0.717, 1.165) is 5.56 Å². The number of nitrogens with zero attached hydrogens (tertiary/aromatic N) is 1. The summed E-state index contributed by atoms with van der Waals surface area (Å²) in [7, 11) is -3.44. The first-order valence-electron chi connectivity index (χ1n) is 8.28. The summed E-state index contributed by atoms with van der Waals surface area (Å²) in [4.78, 5) is 24.5. The van der Waals surface area contributed by atoms with E-state index in [1.165, 1.54) is 6.20 Å². The van der Waals surface area contributed by atoms with Crippen LogP contribution < -0.4 is 10.1 Å². The molecule has 8 nitrogen and oxygen atoms in total. The monoisotopic (exact) mass is 431 g/mol. The van der Waals surface area contributed by atoms with Crippen molar-refractivity contribution in [3.05, 3.63) is 56.2 Å². The first kappa shape index (κ1) is 19.0. The third-order valence-electron chi connectivity index (χ3n) is 4.31. The van der Waals surface area contributed by atoms with Crippen LogP contribution in [0, 0.1) is 4.77 Å². The molecule has 2 aliphatic heterocycles. The maximum absolute atomic E-state index is 11.5. The lowest BCUT2D eigenvalue weighted by atomic mass is 10.2. The van der Waals surface area contributed by atoms with E-state index in [1.807, 2.05) is 18.2 Å². The number of H-pyrrole nitrogens is 1. The van der Waals surface area contributed by atoms with Gasteiger partial charge < -0.3 is 4.74 Å². The first-order valence-corrected chi connectivity index (χ1v) is 10.6. The van der Waals surface area contributed by atoms with Gasteiger partial charge in [0.15, 0.2) is 10.5 Å². The predicted octanol–water partition coefficient (Wildman–Crippen LogP) is 3.53. The zero-order chi connectivity index (χ0) is 19.0. The van der Waals surface area contributed by atoms with Gasteiger partial charge in [0.05, 0.1) is 6.10 Å². The third-order valence-corrected chi connectivity index (χ3v) is 6.25. The summed E-state index contributed by atoms with van der Waals surface area (Å²) in [5.74, 6) is 0.555. The van der Waals surface area contributed by atoms with Crippen LogP contribution in [0.1, 0.15) is 24.6 Å². The number of halogens is 1. The fourth-order valence-electron chi connectivity index (χ4n) is 2.94. The summed E-state index contributed by atoms with van der Waals surface area (Å²) in [6.07, 6.45) is 2.14. The lowest BCUT2D eigenvalue weighted by Gasteiger charge is -2.22. The number of rotatable bonds is 4. The van der Waals surface area contributed by atoms with Crippen LogP contribution in [0.2, 0.25) is 5.02 Å². The number of para-hydroxylation sites is 1. The SMILES string of the molecule is O=c1[nH]c(=S)n(C2CCC(CO[P+]3(O)OCc4ccccc4O3)O2)cc1Cl. The van der Waals surface area contributed by atoms with Crippen molar-refractivity contribution in [1.29, 1.82) is 0 Å². The van der Waals surface area contributed by atoms with Crippen LogP contribution in [0.15, 0.2) is 35.3 Å². The smallest absolute Gasteiger partial charge is 0.352 e. The summed E-state index contributed by atoms with van der Waals surface area (Å²) in [6, 6.07) is 7.31. The minimum absolute atomic E-state index is 0.0369. The Morgan fingerprint density at radius 1 is 1.41 bits per heavy atom. The number of aromatic nitrogens is 2. The Labute approximate surface area is 165 Å². The van der Waals surface area contributed by atoms with Crippen LogP contribution in [0.4, 0.5) is 0 Å². The van der Waals surface area contributed by atoms with Gasteiger partial charge in [-0.25, -0.2) is 0 Å². The van der Waals surface area contributed by atoms with Crippen molar-refractivity contribution < 1.29 is 23.2 Å². The van der Waals surface area contributed by atoms with Gasteiger partial charge >= 0.3 is 8.17 Å². The van der Waals surface area contributed by atoms with Gasteiger partial charge in [0, 0.05) is 11.8 Å². The molecule has 0 aliphatic carbocycles. The van der Waals surface area contributed by atoms with Crippen LogP contribution in [0.3, 0.4) is 0 Å². The summed E-state index contributed by atoms with van der Waals surface area (Å²) in [6.45, 7) is 0.326. The number of hydrogen-bond donors (Lipinski definition) is 2. The molecule has 1 saturated heterocycles. The van der Waals surface area contributed by atoms with Crippen LogP contribution >= 0.6 is 32.0 Å². The van der Waals surface area contributed by atoms with Crippen molar-refractivity contribution in [2.45, 2.75) is 31.8 Å². The third kappa shape index (κ3) is 4.09. The summed E-state index contributed by atoms with van der Waals surface area (Å²) in [5.41, 5.74) is 0.418. The van der Waals surface area contributed by atoms with E-state index in [1.54, 1.807) is 10.6 Å². The molecule has 144 valence electrons. The number of fused-ring (bicyclic) bond motifs is 1. The van der Waals surface area contributed by atoms with Crippen LogP contribution in [0.25, 0.3) is 0 Å². The summed E-state index contributed by atoms with van der Waals surface area (Å²) >= 11 is 11.0. The van der Waals surface area contributed by atoms with Crippen molar-refractivity contribution in [3.63, 3.8) is 0 Å². The molecule has 1 fully saturated rings. The molecule has 0 amide bonds. The Morgan fingerprint density at radius 3 is 3.07 bits per heavy atom. The molecular formula is C16H17ClN2O6PS+. The Kier molecular flexibility index (Phi) is 5.35. The van der Waals surface area contributed by atoms with E-state index < -0.39 is 13.7 Å². The second kappa shape index (κ2) is 7.60. The highest BCUT2D eigenvalue weighted by atomic mass is 35.5. The van der Waals surface area contributed by atoms with Crippen molar-refractivity contribution in [1.82, 2.24) is 9.55 Å². The maximum Gasteiger partial charge on any atom is 0.619 e. The van der Waals surface area contributed by atoms with Gasteiger partial charge in [0.1, 0.15) is 24.5 Å². The molecule has 3 unspecified atom stereocenters. The normalized spacial score (nSPS) is 27.2. The lowest BCUT2D eigenvalue weighted by molar-refractivity contribution is -0.0293. The average molecular weight is 432 g/mol. The largest absolute Gasteiger partial charge is 0.619 e. The van der Waals surface area contributed by atoms with Gasteiger partial charge in [-0.1, -0.05) is 29.8 Å². The standard InChI is InChI=1S/C16H16ClN2O6PS/c17-12-7-19(16(27)18-15(12)20)14-6-5-11(24-14)9-23-26(21)22-8-10-3-1-2-4-13(10)25-26/h1-4,7,11,14,21H,5-6,8-9H2/p+1. The molecule has 0 bridgehead atoms. The zero-order valence-corrected chi connectivity index (χ0v) is 16.5. The van der Waals surface area contributed by atoms with Gasteiger partial charge in [0.2, 0.25) is 0 Å². The zero-order valence-electron chi connectivity index (χ0n) is 14.0. The Bertz CT molecular complexity index is 968. The molecule has 0 spiro atoms. The molecule has 0 radical (unpaired) electrons. The van der Waals surface area contributed by atoms with Crippen molar-refractivity contribution in [2.24, 2.45) is 0 Å². The highest BCUT2D eigenvalue weighted by molar-refractivity contribution is 7.71. The Hall–Kier alpha value is -1.32. The van der Waals surface area contributed by atoms with Gasteiger partial charge in [-0.15, -0.1) is 9.05 Å². The molecule has 27 heavy (non-hydrogen) atoms. The summed E-state index contributed by atoms with van der Waals surface area (Å²) < 4.78 is 24.2. The molecule has 1 aromatic carbocycles. The highest BCUT2D eigenvalue weighted by Gasteiger charge is 2.51. The van der Waals surface area contributed by atoms with Crippen LogP contribution in [0.5, 0.6) is 5.75 Å². The molecular weight excluding hydrogens is 415 g/mol. The molecule has 2 aliphatic rings. The number of hydrogen-bond acceptors (Lipinski definition) is 7. The van der Waals surface area contributed by atoms with E-state index in [9.17, 15) is 9.69 Å².